The number of nitrogens with one attached hydrogen (secondary N) is 1. The Kier molecular flexibility index (Phi) is 4.50. The maximum absolute atomic E-state index is 12.3. The highest BCUT2D eigenvalue weighted by Crippen LogP contribution is 2.20. The van der Waals surface area contributed by atoms with Crippen LogP contribution in [0.1, 0.15) is 15.9 Å². The van der Waals surface area contributed by atoms with Gasteiger partial charge in [0.15, 0.2) is 0 Å². The molecule has 0 saturated heterocycles. The number of anilines is 1. The summed E-state index contributed by atoms with van der Waals surface area (Å²) in [5, 5.41) is 11.6. The first kappa shape index (κ1) is 15.3. The molecule has 24 heavy (non-hydrogen) atoms. The highest BCUT2D eigenvalue weighted by atomic mass is 16.5. The number of ether oxygens (including phenoxy) is 1. The Bertz CT molecular complexity index is 884. The minimum absolute atomic E-state index is 0.258. The molecule has 0 unspecified atom stereocenters. The molecule has 0 radical (unpaired) electrons. The molecule has 1 aromatic heterocycles. The van der Waals surface area contributed by atoms with Gasteiger partial charge in [0.05, 0.1) is 11.6 Å². The molecule has 0 aliphatic carbocycles. The minimum Gasteiger partial charge on any atom is -0.439 e. The first-order valence-electron chi connectivity index (χ1n) is 7.25. The Hall–Kier alpha value is -3.65. The molecule has 0 aliphatic heterocycles. The van der Waals surface area contributed by atoms with Crippen LogP contribution in [0.4, 0.5) is 5.69 Å². The number of rotatable bonds is 4. The topological polar surface area (TPSA) is 75.0 Å². The normalized spacial score (nSPS) is 9.79. The van der Waals surface area contributed by atoms with Gasteiger partial charge in [-0.3, -0.25) is 4.79 Å². The maximum atomic E-state index is 12.3. The zero-order valence-electron chi connectivity index (χ0n) is 12.6. The van der Waals surface area contributed by atoms with E-state index >= 15 is 0 Å². The van der Waals surface area contributed by atoms with Crippen molar-refractivity contribution in [2.75, 3.05) is 5.32 Å². The van der Waals surface area contributed by atoms with Crippen molar-refractivity contribution in [3.05, 3.63) is 84.1 Å². The number of hydrogen-bond acceptors (Lipinski definition) is 4. The van der Waals surface area contributed by atoms with Crippen LogP contribution in [-0.2, 0) is 0 Å². The van der Waals surface area contributed by atoms with Gasteiger partial charge in [-0.2, -0.15) is 5.26 Å². The second-order valence-corrected chi connectivity index (χ2v) is 4.94. The number of benzene rings is 2. The SMILES string of the molecule is N#Cc1ccc(NC(=O)c2cccc(Oc3ccccn3)c2)cc1. The van der Waals surface area contributed by atoms with Crippen molar-refractivity contribution >= 4 is 11.6 Å². The average Bonchev–Trinajstić information content (AvgIpc) is 2.63. The van der Waals surface area contributed by atoms with Gasteiger partial charge in [0, 0.05) is 23.5 Å². The number of aromatic nitrogens is 1. The second-order valence-electron chi connectivity index (χ2n) is 4.94. The summed E-state index contributed by atoms with van der Waals surface area (Å²) < 4.78 is 5.62. The fraction of sp³-hybridized carbons (Fsp3) is 0. The van der Waals surface area contributed by atoms with Crippen LogP contribution in [0.25, 0.3) is 0 Å². The molecule has 0 saturated carbocycles. The summed E-state index contributed by atoms with van der Waals surface area (Å²) in [6.45, 7) is 0. The Morgan fingerprint density at radius 3 is 2.58 bits per heavy atom. The van der Waals surface area contributed by atoms with Crippen molar-refractivity contribution < 1.29 is 9.53 Å². The summed E-state index contributed by atoms with van der Waals surface area (Å²) in [6, 6.07) is 20.9. The molecular weight excluding hydrogens is 302 g/mol. The fourth-order valence-electron chi connectivity index (χ4n) is 2.06. The molecule has 0 aliphatic rings. The maximum Gasteiger partial charge on any atom is 0.255 e. The van der Waals surface area contributed by atoms with E-state index in [-0.39, 0.29) is 5.91 Å². The highest BCUT2D eigenvalue weighted by Gasteiger charge is 2.08. The van der Waals surface area contributed by atoms with E-state index in [4.69, 9.17) is 10.00 Å². The van der Waals surface area contributed by atoms with Crippen LogP contribution in [0.3, 0.4) is 0 Å². The number of amides is 1. The zero-order valence-corrected chi connectivity index (χ0v) is 12.6. The van der Waals surface area contributed by atoms with E-state index < -0.39 is 0 Å². The standard InChI is InChI=1S/C19H13N3O2/c20-13-14-7-9-16(10-8-14)22-19(23)15-4-3-5-17(12-15)24-18-6-1-2-11-21-18/h1-12H,(H,22,23). The minimum atomic E-state index is -0.258. The van der Waals surface area contributed by atoms with Crippen molar-refractivity contribution in [2.24, 2.45) is 0 Å². The summed E-state index contributed by atoms with van der Waals surface area (Å²) in [6.07, 6.45) is 1.64. The third-order valence-electron chi connectivity index (χ3n) is 3.23. The Morgan fingerprint density at radius 2 is 1.88 bits per heavy atom. The number of carbonyl (C=O) groups is 1. The summed E-state index contributed by atoms with van der Waals surface area (Å²) in [5.74, 6) is 0.731. The monoisotopic (exact) mass is 315 g/mol. The molecule has 1 N–H and O–H groups in total. The Labute approximate surface area is 139 Å². The number of hydrogen-bond donors (Lipinski definition) is 1. The molecule has 0 spiro atoms. The smallest absolute Gasteiger partial charge is 0.255 e. The molecule has 2 aromatic carbocycles. The van der Waals surface area contributed by atoms with Crippen molar-refractivity contribution in [3.8, 4) is 17.7 Å². The molecule has 5 nitrogen and oxygen atoms in total. The quantitative estimate of drug-likeness (QED) is 0.789. The largest absolute Gasteiger partial charge is 0.439 e. The lowest BCUT2D eigenvalue weighted by atomic mass is 10.2. The van der Waals surface area contributed by atoms with Crippen LogP contribution in [0.5, 0.6) is 11.6 Å². The molecule has 1 amide bonds. The Balaban J connectivity index is 1.73. The molecule has 5 heteroatoms. The van der Waals surface area contributed by atoms with E-state index in [0.29, 0.717) is 28.4 Å². The molecule has 3 aromatic rings. The molecule has 116 valence electrons. The zero-order chi connectivity index (χ0) is 16.8. The van der Waals surface area contributed by atoms with Gasteiger partial charge in [-0.1, -0.05) is 12.1 Å². The van der Waals surface area contributed by atoms with E-state index in [0.717, 1.165) is 0 Å². The van der Waals surface area contributed by atoms with Gasteiger partial charge >= 0.3 is 0 Å². The molecular formula is C19H13N3O2. The lowest BCUT2D eigenvalue weighted by Gasteiger charge is -2.08. The van der Waals surface area contributed by atoms with E-state index in [1.54, 1.807) is 66.9 Å². The fourth-order valence-corrected chi connectivity index (χ4v) is 2.06. The third-order valence-corrected chi connectivity index (χ3v) is 3.23. The van der Waals surface area contributed by atoms with Crippen molar-refractivity contribution in [1.82, 2.24) is 4.98 Å². The molecule has 3 rings (SSSR count). The van der Waals surface area contributed by atoms with Gasteiger partial charge in [0.1, 0.15) is 5.75 Å². The van der Waals surface area contributed by atoms with Crippen molar-refractivity contribution in [3.63, 3.8) is 0 Å². The van der Waals surface area contributed by atoms with E-state index in [1.807, 2.05) is 12.1 Å². The van der Waals surface area contributed by atoms with Gasteiger partial charge in [0.2, 0.25) is 5.88 Å². The predicted octanol–water partition coefficient (Wildman–Crippen LogP) is 4.00. The molecule has 0 bridgehead atoms. The summed E-state index contributed by atoms with van der Waals surface area (Å²) in [7, 11) is 0. The van der Waals surface area contributed by atoms with Crippen LogP contribution in [0, 0.1) is 11.3 Å². The van der Waals surface area contributed by atoms with Gasteiger partial charge < -0.3 is 10.1 Å². The summed E-state index contributed by atoms with van der Waals surface area (Å²) in [5.41, 5.74) is 1.63. The second kappa shape index (κ2) is 7.07. The summed E-state index contributed by atoms with van der Waals surface area (Å²) in [4.78, 5) is 16.4. The lowest BCUT2D eigenvalue weighted by Crippen LogP contribution is -2.11. The number of carbonyl (C=O) groups excluding carboxylic acids is 1. The van der Waals surface area contributed by atoms with Crippen LogP contribution in [-0.4, -0.2) is 10.9 Å². The molecule has 0 fully saturated rings. The van der Waals surface area contributed by atoms with E-state index in [9.17, 15) is 4.79 Å². The van der Waals surface area contributed by atoms with Gasteiger partial charge in [-0.15, -0.1) is 0 Å². The van der Waals surface area contributed by atoms with Gasteiger partial charge in [-0.25, -0.2) is 4.98 Å². The van der Waals surface area contributed by atoms with Crippen LogP contribution >= 0.6 is 0 Å². The number of pyridine rings is 1. The lowest BCUT2D eigenvalue weighted by molar-refractivity contribution is 0.102. The number of nitriles is 1. The first-order valence-corrected chi connectivity index (χ1v) is 7.25. The van der Waals surface area contributed by atoms with Crippen LogP contribution in [0.2, 0.25) is 0 Å². The van der Waals surface area contributed by atoms with Gasteiger partial charge in [0.25, 0.3) is 5.91 Å². The van der Waals surface area contributed by atoms with Crippen molar-refractivity contribution in [1.29, 1.82) is 5.26 Å². The summed E-state index contributed by atoms with van der Waals surface area (Å²) >= 11 is 0. The van der Waals surface area contributed by atoms with Crippen LogP contribution in [0.15, 0.2) is 72.9 Å². The van der Waals surface area contributed by atoms with E-state index in [2.05, 4.69) is 10.3 Å². The number of nitrogens with zero attached hydrogens (tertiary/aromatic N) is 2. The highest BCUT2D eigenvalue weighted by molar-refractivity contribution is 6.04. The first-order chi connectivity index (χ1) is 11.7. The van der Waals surface area contributed by atoms with Crippen LogP contribution < -0.4 is 10.1 Å². The molecule has 0 atom stereocenters. The average molecular weight is 315 g/mol. The van der Waals surface area contributed by atoms with Crippen molar-refractivity contribution in [2.45, 2.75) is 0 Å². The van der Waals surface area contributed by atoms with E-state index in [1.165, 1.54) is 0 Å². The molecule has 1 heterocycles. The van der Waals surface area contributed by atoms with Gasteiger partial charge in [-0.05, 0) is 48.5 Å². The Morgan fingerprint density at radius 1 is 1.04 bits per heavy atom. The predicted molar refractivity (Wildman–Crippen MR) is 89.9 cm³/mol. The third kappa shape index (κ3) is 3.76.